The standard InChI is InChI=1S/C13H15NO3S/c1-8-3-4-11(12(16)5-8)14-7-10(6-13(14)17)18-9(2)15/h3-5,10,16H,6-7H2,1-2H3. The largest absolute Gasteiger partial charge is 0.506 e. The van der Waals surface area contributed by atoms with Crippen LogP contribution in [0.3, 0.4) is 0 Å². The molecule has 0 radical (unpaired) electrons. The lowest BCUT2D eigenvalue weighted by Crippen LogP contribution is -2.25. The van der Waals surface area contributed by atoms with E-state index in [-0.39, 0.29) is 22.0 Å². The predicted octanol–water partition coefficient (Wildman–Crippen LogP) is 2.09. The van der Waals surface area contributed by atoms with Crippen molar-refractivity contribution in [3.8, 4) is 5.75 Å². The van der Waals surface area contributed by atoms with Crippen molar-refractivity contribution in [2.75, 3.05) is 11.4 Å². The van der Waals surface area contributed by atoms with Crippen LogP contribution in [0.25, 0.3) is 0 Å². The highest BCUT2D eigenvalue weighted by atomic mass is 32.2. The zero-order valence-electron chi connectivity index (χ0n) is 10.3. The molecule has 1 aromatic carbocycles. The quantitative estimate of drug-likeness (QED) is 0.889. The number of anilines is 1. The molecule has 1 fully saturated rings. The van der Waals surface area contributed by atoms with Crippen molar-refractivity contribution in [1.29, 1.82) is 0 Å². The Morgan fingerprint density at radius 1 is 1.50 bits per heavy atom. The average Bonchev–Trinajstić information content (AvgIpc) is 2.58. The minimum Gasteiger partial charge on any atom is -0.506 e. The molecule has 5 heteroatoms. The van der Waals surface area contributed by atoms with E-state index in [9.17, 15) is 14.7 Å². The van der Waals surface area contributed by atoms with Crippen molar-refractivity contribution in [3.63, 3.8) is 0 Å². The minimum atomic E-state index is -0.0482. The summed E-state index contributed by atoms with van der Waals surface area (Å²) >= 11 is 1.19. The molecule has 0 aliphatic carbocycles. The molecule has 1 aliphatic rings. The monoisotopic (exact) mass is 265 g/mol. The second kappa shape index (κ2) is 5.02. The van der Waals surface area contributed by atoms with Crippen LogP contribution in [0, 0.1) is 6.92 Å². The number of carbonyl (C=O) groups excluding carboxylic acids is 2. The number of rotatable bonds is 2. The Morgan fingerprint density at radius 2 is 2.22 bits per heavy atom. The van der Waals surface area contributed by atoms with Gasteiger partial charge in [0.1, 0.15) is 5.75 Å². The van der Waals surface area contributed by atoms with E-state index in [0.717, 1.165) is 5.56 Å². The van der Waals surface area contributed by atoms with E-state index in [4.69, 9.17) is 0 Å². The van der Waals surface area contributed by atoms with Crippen molar-refractivity contribution in [2.24, 2.45) is 0 Å². The molecule has 0 bridgehead atoms. The van der Waals surface area contributed by atoms with E-state index in [1.54, 1.807) is 17.0 Å². The Labute approximate surface area is 110 Å². The number of amides is 1. The minimum absolute atomic E-state index is 0.0165. The molecule has 0 spiro atoms. The van der Waals surface area contributed by atoms with Gasteiger partial charge in [0.2, 0.25) is 5.91 Å². The Bertz CT molecular complexity index is 501. The van der Waals surface area contributed by atoms with Gasteiger partial charge in [-0.1, -0.05) is 17.8 Å². The van der Waals surface area contributed by atoms with Crippen LogP contribution in [0.1, 0.15) is 18.9 Å². The number of aryl methyl sites for hydroxylation is 1. The number of phenolic OH excluding ortho intramolecular Hbond substituents is 1. The van der Waals surface area contributed by atoms with Crippen molar-refractivity contribution in [1.82, 2.24) is 0 Å². The summed E-state index contributed by atoms with van der Waals surface area (Å²) in [7, 11) is 0. The second-order valence-electron chi connectivity index (χ2n) is 4.43. The predicted molar refractivity (Wildman–Crippen MR) is 71.9 cm³/mol. The van der Waals surface area contributed by atoms with Crippen molar-refractivity contribution in [3.05, 3.63) is 23.8 Å². The number of benzene rings is 1. The van der Waals surface area contributed by atoms with Crippen LogP contribution in [0.2, 0.25) is 0 Å². The molecule has 0 aromatic heterocycles. The van der Waals surface area contributed by atoms with Gasteiger partial charge in [0, 0.05) is 25.1 Å². The molecule has 1 aromatic rings. The van der Waals surface area contributed by atoms with Gasteiger partial charge >= 0.3 is 0 Å². The highest BCUT2D eigenvalue weighted by molar-refractivity contribution is 8.14. The van der Waals surface area contributed by atoms with E-state index >= 15 is 0 Å². The fraction of sp³-hybridized carbons (Fsp3) is 0.385. The maximum absolute atomic E-state index is 11.9. The number of aromatic hydroxyl groups is 1. The number of carbonyl (C=O) groups is 2. The summed E-state index contributed by atoms with van der Waals surface area (Å²) in [5, 5.41) is 9.87. The van der Waals surface area contributed by atoms with Crippen LogP contribution in [-0.2, 0) is 9.59 Å². The van der Waals surface area contributed by atoms with Crippen molar-refractivity contribution >= 4 is 28.5 Å². The van der Waals surface area contributed by atoms with Gasteiger partial charge in [-0.05, 0) is 24.6 Å². The number of nitrogens with zero attached hydrogens (tertiary/aromatic N) is 1. The molecular formula is C13H15NO3S. The smallest absolute Gasteiger partial charge is 0.228 e. The summed E-state index contributed by atoms with van der Waals surface area (Å²) in [6, 6.07) is 5.23. The number of thioether (sulfide) groups is 1. The number of phenols is 1. The second-order valence-corrected chi connectivity index (χ2v) is 5.91. The molecule has 1 heterocycles. The molecule has 1 amide bonds. The van der Waals surface area contributed by atoms with Gasteiger partial charge in [0.25, 0.3) is 0 Å². The van der Waals surface area contributed by atoms with Gasteiger partial charge in [-0.2, -0.15) is 0 Å². The molecule has 96 valence electrons. The molecule has 4 nitrogen and oxygen atoms in total. The van der Waals surface area contributed by atoms with E-state index in [1.165, 1.54) is 18.7 Å². The Morgan fingerprint density at radius 3 is 2.83 bits per heavy atom. The maximum atomic E-state index is 11.9. The lowest BCUT2D eigenvalue weighted by molar-refractivity contribution is -0.117. The van der Waals surface area contributed by atoms with Crippen LogP contribution >= 0.6 is 11.8 Å². The molecule has 2 rings (SSSR count). The molecule has 1 saturated heterocycles. The zero-order valence-corrected chi connectivity index (χ0v) is 11.2. The third-order valence-electron chi connectivity index (χ3n) is 2.84. The van der Waals surface area contributed by atoms with Gasteiger partial charge in [-0.15, -0.1) is 0 Å². The van der Waals surface area contributed by atoms with Gasteiger partial charge < -0.3 is 10.0 Å². The number of hydrogen-bond donors (Lipinski definition) is 1. The molecule has 0 saturated carbocycles. The third kappa shape index (κ3) is 2.67. The normalized spacial score (nSPS) is 19.3. The van der Waals surface area contributed by atoms with Gasteiger partial charge in [0.15, 0.2) is 5.12 Å². The summed E-state index contributed by atoms with van der Waals surface area (Å²) in [4.78, 5) is 24.5. The summed E-state index contributed by atoms with van der Waals surface area (Å²) < 4.78 is 0. The summed E-state index contributed by atoms with van der Waals surface area (Å²) in [6.45, 7) is 3.85. The summed E-state index contributed by atoms with van der Waals surface area (Å²) in [5.41, 5.74) is 1.47. The maximum Gasteiger partial charge on any atom is 0.228 e. The first kappa shape index (κ1) is 13.0. The van der Waals surface area contributed by atoms with E-state index < -0.39 is 0 Å². The first-order chi connectivity index (χ1) is 8.47. The van der Waals surface area contributed by atoms with Crippen LogP contribution in [0.4, 0.5) is 5.69 Å². The molecule has 1 unspecified atom stereocenters. The zero-order chi connectivity index (χ0) is 13.3. The average molecular weight is 265 g/mol. The third-order valence-corrected chi connectivity index (χ3v) is 3.82. The Balaban J connectivity index is 2.19. The SMILES string of the molecule is CC(=O)SC1CC(=O)N(c2ccc(C)cc2O)C1. The van der Waals surface area contributed by atoms with E-state index in [2.05, 4.69) is 0 Å². The molecule has 1 aliphatic heterocycles. The van der Waals surface area contributed by atoms with E-state index in [1.807, 2.05) is 13.0 Å². The van der Waals surface area contributed by atoms with Gasteiger partial charge in [-0.3, -0.25) is 9.59 Å². The summed E-state index contributed by atoms with van der Waals surface area (Å²) in [5.74, 6) is 0.0599. The van der Waals surface area contributed by atoms with Crippen LogP contribution in [0.5, 0.6) is 5.75 Å². The van der Waals surface area contributed by atoms with Gasteiger partial charge in [-0.25, -0.2) is 0 Å². The van der Waals surface area contributed by atoms with Gasteiger partial charge in [0.05, 0.1) is 5.69 Å². The van der Waals surface area contributed by atoms with Crippen LogP contribution in [0.15, 0.2) is 18.2 Å². The lowest BCUT2D eigenvalue weighted by atomic mass is 10.2. The lowest BCUT2D eigenvalue weighted by Gasteiger charge is -2.18. The molecule has 18 heavy (non-hydrogen) atoms. The fourth-order valence-electron chi connectivity index (χ4n) is 2.08. The van der Waals surface area contributed by atoms with Crippen LogP contribution in [-0.4, -0.2) is 27.9 Å². The molecular weight excluding hydrogens is 250 g/mol. The fourth-order valence-corrected chi connectivity index (χ4v) is 3.00. The Kier molecular flexibility index (Phi) is 3.61. The van der Waals surface area contributed by atoms with Crippen molar-refractivity contribution < 1.29 is 14.7 Å². The summed E-state index contributed by atoms with van der Waals surface area (Å²) in [6.07, 6.45) is 0.345. The highest BCUT2D eigenvalue weighted by Gasteiger charge is 2.32. The highest BCUT2D eigenvalue weighted by Crippen LogP contribution is 2.34. The Hall–Kier alpha value is -1.49. The number of hydrogen-bond acceptors (Lipinski definition) is 4. The first-order valence-electron chi connectivity index (χ1n) is 5.74. The van der Waals surface area contributed by atoms with Crippen molar-refractivity contribution in [2.45, 2.75) is 25.5 Å². The molecule has 1 N–H and O–H groups in total. The van der Waals surface area contributed by atoms with Crippen LogP contribution < -0.4 is 4.90 Å². The molecule has 1 atom stereocenters. The first-order valence-corrected chi connectivity index (χ1v) is 6.62. The van der Waals surface area contributed by atoms with E-state index in [0.29, 0.717) is 18.7 Å². The topological polar surface area (TPSA) is 57.6 Å².